The van der Waals surface area contributed by atoms with E-state index >= 15 is 0 Å². The molecular formula is C24H18ClFN2O3. The lowest BCUT2D eigenvalue weighted by Crippen LogP contribution is -2.20. The number of carbonyl (C=O) groups excluding carboxylic acids is 1. The van der Waals surface area contributed by atoms with E-state index in [2.05, 4.69) is 4.98 Å². The fraction of sp³-hybridized carbons (Fsp3) is 0.125. The Bertz CT molecular complexity index is 1270. The summed E-state index contributed by atoms with van der Waals surface area (Å²) in [5.41, 5.74) is 2.04. The van der Waals surface area contributed by atoms with Gasteiger partial charge in [0, 0.05) is 12.3 Å². The predicted octanol–water partition coefficient (Wildman–Crippen LogP) is 4.56. The zero-order valence-electron chi connectivity index (χ0n) is 16.4. The van der Waals surface area contributed by atoms with Gasteiger partial charge < -0.3 is 4.74 Å². The molecule has 0 bridgehead atoms. The number of carbonyl (C=O) groups is 1. The van der Waals surface area contributed by atoms with Gasteiger partial charge in [0.15, 0.2) is 0 Å². The summed E-state index contributed by atoms with van der Waals surface area (Å²) in [4.78, 5) is 29.6. The van der Waals surface area contributed by atoms with E-state index in [0.29, 0.717) is 22.8 Å². The zero-order chi connectivity index (χ0) is 21.8. The van der Waals surface area contributed by atoms with Gasteiger partial charge in [-0.05, 0) is 41.8 Å². The largest absolute Gasteiger partial charge is 0.459 e. The smallest absolute Gasteiger partial charge is 0.314 e. The molecule has 0 saturated carbocycles. The van der Waals surface area contributed by atoms with Crippen molar-refractivity contribution >= 4 is 23.2 Å². The SMILES string of the molecule is O=C(OCc1cc(=O)n2cc(Cl)ccc2n1)C(Cc1ccc(F)cc1)c1ccccc1. The number of esters is 1. The van der Waals surface area contributed by atoms with Crippen LogP contribution in [0.1, 0.15) is 22.7 Å². The number of ether oxygens (including phenoxy) is 1. The van der Waals surface area contributed by atoms with E-state index in [1.54, 1.807) is 24.3 Å². The molecular weight excluding hydrogens is 419 g/mol. The lowest BCUT2D eigenvalue weighted by atomic mass is 9.92. The van der Waals surface area contributed by atoms with Gasteiger partial charge in [0.25, 0.3) is 5.56 Å². The third-order valence-electron chi connectivity index (χ3n) is 4.88. The molecule has 1 atom stereocenters. The summed E-state index contributed by atoms with van der Waals surface area (Å²) in [5.74, 6) is -1.36. The van der Waals surface area contributed by atoms with E-state index in [4.69, 9.17) is 16.3 Å². The molecule has 4 rings (SSSR count). The number of rotatable bonds is 6. The standard InChI is InChI=1S/C24H18ClFN2O3/c25-18-8-11-22-27-20(13-23(29)28(22)14-18)15-31-24(30)21(17-4-2-1-3-5-17)12-16-6-9-19(26)10-7-16/h1-11,13-14,21H,12,15H2. The van der Waals surface area contributed by atoms with Gasteiger partial charge in [0.1, 0.15) is 18.1 Å². The lowest BCUT2D eigenvalue weighted by Gasteiger charge is -2.17. The number of nitrogens with zero attached hydrogens (tertiary/aromatic N) is 2. The fourth-order valence-corrected chi connectivity index (χ4v) is 3.49. The van der Waals surface area contributed by atoms with Crippen LogP contribution in [0.5, 0.6) is 0 Å². The van der Waals surface area contributed by atoms with E-state index < -0.39 is 11.9 Å². The Morgan fingerprint density at radius 1 is 1.06 bits per heavy atom. The maximum Gasteiger partial charge on any atom is 0.314 e. The predicted molar refractivity (Wildman–Crippen MR) is 116 cm³/mol. The minimum atomic E-state index is -0.577. The van der Waals surface area contributed by atoms with Crippen molar-refractivity contribution in [3.05, 3.63) is 117 Å². The first-order valence-corrected chi connectivity index (χ1v) is 10.0. The van der Waals surface area contributed by atoms with Gasteiger partial charge in [-0.2, -0.15) is 0 Å². The highest BCUT2D eigenvalue weighted by molar-refractivity contribution is 6.30. The Hall–Kier alpha value is -3.51. The van der Waals surface area contributed by atoms with Gasteiger partial charge in [0.2, 0.25) is 0 Å². The first-order valence-electron chi connectivity index (χ1n) is 9.63. The number of pyridine rings is 1. The van der Waals surface area contributed by atoms with Crippen molar-refractivity contribution in [1.82, 2.24) is 9.38 Å². The molecule has 2 aromatic carbocycles. The van der Waals surface area contributed by atoms with Crippen LogP contribution in [0, 0.1) is 5.82 Å². The van der Waals surface area contributed by atoms with Gasteiger partial charge in [-0.15, -0.1) is 0 Å². The van der Waals surface area contributed by atoms with Crippen LogP contribution in [0.15, 0.2) is 83.8 Å². The lowest BCUT2D eigenvalue weighted by molar-refractivity contribution is -0.147. The summed E-state index contributed by atoms with van der Waals surface area (Å²) < 4.78 is 20.1. The Morgan fingerprint density at radius 3 is 2.55 bits per heavy atom. The first kappa shape index (κ1) is 20.8. The van der Waals surface area contributed by atoms with Gasteiger partial charge >= 0.3 is 5.97 Å². The Balaban J connectivity index is 1.55. The molecule has 2 aromatic heterocycles. The highest BCUT2D eigenvalue weighted by Crippen LogP contribution is 2.23. The summed E-state index contributed by atoms with van der Waals surface area (Å²) in [6, 6.07) is 19.8. The minimum absolute atomic E-state index is 0.139. The molecule has 0 fully saturated rings. The van der Waals surface area contributed by atoms with Crippen molar-refractivity contribution in [3.8, 4) is 0 Å². The first-order chi connectivity index (χ1) is 15.0. The molecule has 1 unspecified atom stereocenters. The van der Waals surface area contributed by atoms with E-state index in [0.717, 1.165) is 11.1 Å². The quantitative estimate of drug-likeness (QED) is 0.416. The number of hydrogen-bond donors (Lipinski definition) is 0. The molecule has 2 heterocycles. The molecule has 7 heteroatoms. The van der Waals surface area contributed by atoms with Crippen molar-refractivity contribution in [3.63, 3.8) is 0 Å². The third kappa shape index (κ3) is 4.98. The molecule has 5 nitrogen and oxygen atoms in total. The Kier molecular flexibility index (Phi) is 6.09. The van der Waals surface area contributed by atoms with Crippen LogP contribution >= 0.6 is 11.6 Å². The highest BCUT2D eigenvalue weighted by Gasteiger charge is 2.23. The molecule has 0 spiro atoms. The van der Waals surface area contributed by atoms with E-state index in [9.17, 15) is 14.0 Å². The summed E-state index contributed by atoms with van der Waals surface area (Å²) in [6.45, 7) is -0.139. The Labute approximate surface area is 182 Å². The third-order valence-corrected chi connectivity index (χ3v) is 5.10. The van der Waals surface area contributed by atoms with E-state index in [1.807, 2.05) is 30.3 Å². The second-order valence-electron chi connectivity index (χ2n) is 7.06. The normalized spacial score (nSPS) is 11.9. The molecule has 0 aliphatic carbocycles. The van der Waals surface area contributed by atoms with Crippen molar-refractivity contribution in [2.75, 3.05) is 0 Å². The summed E-state index contributed by atoms with van der Waals surface area (Å²) in [6.07, 6.45) is 1.84. The van der Waals surface area contributed by atoms with Crippen molar-refractivity contribution in [2.45, 2.75) is 18.9 Å². The number of benzene rings is 2. The van der Waals surface area contributed by atoms with E-state index in [-0.39, 0.29) is 18.0 Å². The zero-order valence-corrected chi connectivity index (χ0v) is 17.1. The van der Waals surface area contributed by atoms with E-state index in [1.165, 1.54) is 28.8 Å². The summed E-state index contributed by atoms with van der Waals surface area (Å²) in [7, 11) is 0. The fourth-order valence-electron chi connectivity index (χ4n) is 3.32. The average Bonchev–Trinajstić information content (AvgIpc) is 2.78. The van der Waals surface area contributed by atoms with Crippen LogP contribution in [-0.4, -0.2) is 15.4 Å². The van der Waals surface area contributed by atoms with Gasteiger partial charge in [0.05, 0.1) is 16.6 Å². The maximum absolute atomic E-state index is 13.2. The molecule has 4 aromatic rings. The Morgan fingerprint density at radius 2 is 1.81 bits per heavy atom. The molecule has 0 saturated heterocycles. The van der Waals surface area contributed by atoms with Crippen LogP contribution in [-0.2, 0) is 22.6 Å². The van der Waals surface area contributed by atoms with Crippen LogP contribution in [0.4, 0.5) is 4.39 Å². The van der Waals surface area contributed by atoms with Crippen molar-refractivity contribution in [1.29, 1.82) is 0 Å². The molecule has 0 amide bonds. The second kappa shape index (κ2) is 9.10. The van der Waals surface area contributed by atoms with Crippen molar-refractivity contribution < 1.29 is 13.9 Å². The molecule has 156 valence electrons. The van der Waals surface area contributed by atoms with Gasteiger partial charge in [-0.3, -0.25) is 14.0 Å². The minimum Gasteiger partial charge on any atom is -0.459 e. The molecule has 0 aliphatic heterocycles. The van der Waals surface area contributed by atoms with Crippen LogP contribution in [0.3, 0.4) is 0 Å². The average molecular weight is 437 g/mol. The summed E-state index contributed by atoms with van der Waals surface area (Å²) in [5, 5.41) is 0.419. The highest BCUT2D eigenvalue weighted by atomic mass is 35.5. The number of fused-ring (bicyclic) bond motifs is 1. The molecule has 31 heavy (non-hydrogen) atoms. The monoisotopic (exact) mass is 436 g/mol. The van der Waals surface area contributed by atoms with Crippen LogP contribution in [0.25, 0.3) is 5.65 Å². The van der Waals surface area contributed by atoms with Gasteiger partial charge in [-0.25, -0.2) is 9.37 Å². The van der Waals surface area contributed by atoms with Crippen LogP contribution < -0.4 is 5.56 Å². The number of aromatic nitrogens is 2. The van der Waals surface area contributed by atoms with Crippen LogP contribution in [0.2, 0.25) is 5.02 Å². The molecule has 0 aliphatic rings. The molecule has 0 N–H and O–H groups in total. The maximum atomic E-state index is 13.2. The topological polar surface area (TPSA) is 60.7 Å². The number of hydrogen-bond acceptors (Lipinski definition) is 4. The van der Waals surface area contributed by atoms with Gasteiger partial charge in [-0.1, -0.05) is 54.1 Å². The second-order valence-corrected chi connectivity index (χ2v) is 7.50. The summed E-state index contributed by atoms with van der Waals surface area (Å²) >= 11 is 5.92. The van der Waals surface area contributed by atoms with Crippen molar-refractivity contribution in [2.24, 2.45) is 0 Å². The number of halogens is 2. The molecule has 0 radical (unpaired) electrons.